The molecule has 7 nitrogen and oxygen atoms in total. The highest BCUT2D eigenvalue weighted by Crippen LogP contribution is 2.35. The number of aryl methyl sites for hydroxylation is 3. The molecule has 180 valence electrons. The van der Waals surface area contributed by atoms with E-state index in [4.69, 9.17) is 0 Å². The summed E-state index contributed by atoms with van der Waals surface area (Å²) in [6.07, 6.45) is 5.43. The van der Waals surface area contributed by atoms with Crippen molar-refractivity contribution in [1.82, 2.24) is 14.9 Å². The minimum Gasteiger partial charge on any atom is -0.481 e. The number of aromatic nitrogens is 2. The largest absolute Gasteiger partial charge is 0.481 e. The van der Waals surface area contributed by atoms with Crippen LogP contribution < -0.4 is 10.9 Å². The van der Waals surface area contributed by atoms with E-state index in [0.717, 1.165) is 32.7 Å². The number of rotatable bonds is 9. The molecule has 3 aromatic rings. The van der Waals surface area contributed by atoms with Crippen LogP contribution in [0.25, 0.3) is 10.4 Å². The lowest BCUT2D eigenvalue weighted by Crippen LogP contribution is -2.40. The third-order valence-corrected chi connectivity index (χ3v) is 6.69. The monoisotopic (exact) mass is 481 g/mol. The number of carboxylic acids is 1. The van der Waals surface area contributed by atoms with Crippen LogP contribution in [0.15, 0.2) is 47.0 Å². The van der Waals surface area contributed by atoms with Gasteiger partial charge in [-0.05, 0) is 72.9 Å². The molecule has 0 aliphatic rings. The van der Waals surface area contributed by atoms with Gasteiger partial charge >= 0.3 is 5.97 Å². The number of aliphatic carboxylic acids is 1. The minimum atomic E-state index is -1.01. The molecule has 34 heavy (non-hydrogen) atoms. The van der Waals surface area contributed by atoms with E-state index in [1.807, 2.05) is 46.1 Å². The van der Waals surface area contributed by atoms with Crippen LogP contribution in [0.5, 0.6) is 0 Å². The number of hydrogen-bond donors (Lipinski definition) is 2. The Kier molecular flexibility index (Phi) is 8.04. The number of hydrogen-bond acceptors (Lipinski definition) is 5. The lowest BCUT2D eigenvalue weighted by atomic mass is 9.99. The van der Waals surface area contributed by atoms with E-state index in [2.05, 4.69) is 10.3 Å². The zero-order chi connectivity index (χ0) is 25.0. The Bertz CT molecular complexity index is 1220. The van der Waals surface area contributed by atoms with Crippen LogP contribution in [-0.4, -0.2) is 26.5 Å². The highest BCUT2D eigenvalue weighted by atomic mass is 32.1. The molecule has 0 aliphatic heterocycles. The van der Waals surface area contributed by atoms with Crippen molar-refractivity contribution >= 4 is 23.2 Å². The molecular weight excluding hydrogens is 450 g/mol. The number of nitrogens with zero attached hydrogens (tertiary/aromatic N) is 2. The molecule has 0 fully saturated rings. The van der Waals surface area contributed by atoms with Crippen LogP contribution >= 0.6 is 11.3 Å². The fourth-order valence-electron chi connectivity index (χ4n) is 4.09. The van der Waals surface area contributed by atoms with Gasteiger partial charge in [0.25, 0.3) is 5.56 Å². The van der Waals surface area contributed by atoms with Crippen LogP contribution in [0, 0.1) is 26.7 Å². The second kappa shape index (κ2) is 10.8. The molecule has 0 radical (unpaired) electrons. The van der Waals surface area contributed by atoms with Crippen LogP contribution in [-0.2, 0) is 9.59 Å². The number of amides is 1. The summed E-state index contributed by atoms with van der Waals surface area (Å²) in [5, 5.41) is 14.3. The van der Waals surface area contributed by atoms with Gasteiger partial charge in [0.05, 0.1) is 12.5 Å². The van der Waals surface area contributed by atoms with Crippen LogP contribution in [0.2, 0.25) is 0 Å². The van der Waals surface area contributed by atoms with Gasteiger partial charge in [0.15, 0.2) is 0 Å². The Morgan fingerprint density at radius 2 is 1.82 bits per heavy atom. The maximum atomic E-state index is 13.4. The molecular formula is C26H31N3O4S. The molecule has 0 aliphatic carbocycles. The van der Waals surface area contributed by atoms with E-state index < -0.39 is 18.1 Å². The van der Waals surface area contributed by atoms with Gasteiger partial charge in [-0.3, -0.25) is 19.4 Å². The molecule has 0 spiro atoms. The van der Waals surface area contributed by atoms with Crippen molar-refractivity contribution in [1.29, 1.82) is 0 Å². The topological polar surface area (TPSA) is 101 Å². The number of pyridine rings is 2. The summed E-state index contributed by atoms with van der Waals surface area (Å²) in [5.41, 5.74) is 4.42. The average Bonchev–Trinajstić information content (AvgIpc) is 3.21. The summed E-state index contributed by atoms with van der Waals surface area (Å²) in [4.78, 5) is 42.9. The average molecular weight is 482 g/mol. The predicted octanol–water partition coefficient (Wildman–Crippen LogP) is 4.82. The van der Waals surface area contributed by atoms with Crippen molar-refractivity contribution in [3.63, 3.8) is 0 Å². The van der Waals surface area contributed by atoms with Gasteiger partial charge in [-0.25, -0.2) is 0 Å². The molecule has 2 atom stereocenters. The Morgan fingerprint density at radius 1 is 1.15 bits per heavy atom. The smallest absolute Gasteiger partial charge is 0.305 e. The van der Waals surface area contributed by atoms with E-state index in [1.165, 1.54) is 22.0 Å². The molecule has 1 amide bonds. The summed E-state index contributed by atoms with van der Waals surface area (Å²) >= 11 is 1.51. The maximum Gasteiger partial charge on any atom is 0.305 e. The number of carbonyl (C=O) groups excluding carboxylic acids is 1. The van der Waals surface area contributed by atoms with E-state index in [-0.39, 0.29) is 23.8 Å². The molecule has 0 saturated carbocycles. The lowest BCUT2D eigenvalue weighted by Gasteiger charge is -2.24. The molecule has 0 aromatic carbocycles. The number of carboxylic acid groups (broad SMARTS) is 1. The SMILES string of the molecule is Cc1ccn(C(CC(C)C)C(=O)NC(CC(=O)O)c2csc(-c3c(C)cncc3C)c2)c(=O)c1. The molecule has 3 rings (SSSR count). The first kappa shape index (κ1) is 25.4. The summed E-state index contributed by atoms with van der Waals surface area (Å²) in [7, 11) is 0. The molecule has 0 bridgehead atoms. The minimum absolute atomic E-state index is 0.160. The third-order valence-electron chi connectivity index (χ3n) is 5.73. The number of carbonyl (C=O) groups is 2. The van der Waals surface area contributed by atoms with E-state index in [1.54, 1.807) is 24.7 Å². The molecule has 2 N–H and O–H groups in total. The lowest BCUT2D eigenvalue weighted by molar-refractivity contribution is -0.138. The van der Waals surface area contributed by atoms with Gasteiger partial charge in [0.1, 0.15) is 6.04 Å². The first-order valence-electron chi connectivity index (χ1n) is 11.3. The second-order valence-corrected chi connectivity index (χ2v) is 10.1. The third kappa shape index (κ3) is 5.99. The number of thiophene rings is 1. The predicted molar refractivity (Wildman–Crippen MR) is 134 cm³/mol. The molecule has 0 saturated heterocycles. The summed E-state index contributed by atoms with van der Waals surface area (Å²) in [6.45, 7) is 9.77. The maximum absolute atomic E-state index is 13.4. The zero-order valence-corrected chi connectivity index (χ0v) is 21.0. The fourth-order valence-corrected chi connectivity index (χ4v) is 5.23. The van der Waals surface area contributed by atoms with Gasteiger partial charge in [-0.1, -0.05) is 13.8 Å². The molecule has 3 aromatic heterocycles. The van der Waals surface area contributed by atoms with Crippen LogP contribution in [0.4, 0.5) is 0 Å². The summed E-state index contributed by atoms with van der Waals surface area (Å²) < 4.78 is 1.43. The van der Waals surface area contributed by atoms with Gasteiger partial charge < -0.3 is 15.0 Å². The van der Waals surface area contributed by atoms with E-state index >= 15 is 0 Å². The molecule has 2 unspecified atom stereocenters. The van der Waals surface area contributed by atoms with Crippen LogP contribution in [0.3, 0.4) is 0 Å². The Hall–Kier alpha value is -3.26. The van der Waals surface area contributed by atoms with Gasteiger partial charge in [0.2, 0.25) is 5.91 Å². The van der Waals surface area contributed by atoms with E-state index in [9.17, 15) is 19.5 Å². The van der Waals surface area contributed by atoms with Crippen molar-refractivity contribution in [3.8, 4) is 10.4 Å². The first-order valence-corrected chi connectivity index (χ1v) is 12.2. The Morgan fingerprint density at radius 3 is 2.41 bits per heavy atom. The van der Waals surface area contributed by atoms with Crippen molar-refractivity contribution in [2.24, 2.45) is 5.92 Å². The molecule has 8 heteroatoms. The first-order chi connectivity index (χ1) is 16.1. The van der Waals surface area contributed by atoms with Gasteiger partial charge in [-0.15, -0.1) is 11.3 Å². The second-order valence-electron chi connectivity index (χ2n) is 9.15. The van der Waals surface area contributed by atoms with Gasteiger partial charge in [-0.2, -0.15) is 0 Å². The Balaban J connectivity index is 1.94. The van der Waals surface area contributed by atoms with Crippen molar-refractivity contribution in [2.45, 2.75) is 59.5 Å². The fraction of sp³-hybridized carbons (Fsp3) is 0.385. The van der Waals surface area contributed by atoms with E-state index in [0.29, 0.717) is 6.42 Å². The van der Waals surface area contributed by atoms with Gasteiger partial charge in [0, 0.05) is 35.1 Å². The quantitative estimate of drug-likeness (QED) is 0.456. The highest BCUT2D eigenvalue weighted by Gasteiger charge is 2.27. The van der Waals surface area contributed by atoms with Crippen LogP contribution in [0.1, 0.15) is 61.0 Å². The molecule has 3 heterocycles. The summed E-state index contributed by atoms with van der Waals surface area (Å²) in [5.74, 6) is -1.22. The van der Waals surface area contributed by atoms with Crippen molar-refractivity contribution in [2.75, 3.05) is 0 Å². The highest BCUT2D eigenvalue weighted by molar-refractivity contribution is 7.13. The Labute approximate surface area is 203 Å². The summed E-state index contributed by atoms with van der Waals surface area (Å²) in [6, 6.07) is 3.78. The van der Waals surface area contributed by atoms with Crippen molar-refractivity contribution in [3.05, 3.63) is 74.8 Å². The standard InChI is InChI=1S/C26H31N3O4S/c1-15(2)8-21(29-7-6-16(3)9-23(29)30)26(33)28-20(11-24(31)32)19-10-22(34-14-19)25-17(4)12-27-13-18(25)5/h6-7,9-10,12-15,20-21H,8,11H2,1-5H3,(H,28,33)(H,31,32). The van der Waals surface area contributed by atoms with Crippen molar-refractivity contribution < 1.29 is 14.7 Å². The zero-order valence-electron chi connectivity index (χ0n) is 20.2. The number of nitrogens with one attached hydrogen (secondary N) is 1. The normalized spacial score (nSPS) is 13.0.